The molecule has 1 saturated heterocycles. The number of carboxylic acid groups (broad SMARTS) is 1. The topological polar surface area (TPSA) is 131 Å². The largest absolute Gasteiger partial charge is 0.478 e. The molecule has 1 aliphatic heterocycles. The highest BCUT2D eigenvalue weighted by molar-refractivity contribution is 6.08. The number of ether oxygens (including phenoxy) is 1. The third-order valence-corrected chi connectivity index (χ3v) is 3.72. The van der Waals surface area contributed by atoms with Crippen molar-refractivity contribution in [1.82, 2.24) is 9.97 Å². The molecule has 0 amide bonds. The first kappa shape index (κ1) is 19.4. The van der Waals surface area contributed by atoms with Crippen molar-refractivity contribution in [3.8, 4) is 0 Å². The zero-order valence-corrected chi connectivity index (χ0v) is 15.1. The Bertz CT molecular complexity index is 740. The molecule has 2 heterocycles. The number of hydrogen-bond acceptors (Lipinski definition) is 8. The van der Waals surface area contributed by atoms with Crippen molar-refractivity contribution in [2.45, 2.75) is 33.2 Å². The molecule has 3 N–H and O–H groups in total. The molecule has 0 aliphatic carbocycles. The fraction of sp³-hybridized carbons (Fsp3) is 0.471. The van der Waals surface area contributed by atoms with Crippen molar-refractivity contribution >= 4 is 23.6 Å². The zero-order chi connectivity index (χ0) is 19.3. The van der Waals surface area contributed by atoms with Crippen LogP contribution in [0.2, 0.25) is 0 Å². The van der Waals surface area contributed by atoms with Crippen molar-refractivity contribution in [1.29, 1.82) is 0 Å². The molecule has 2 rings (SSSR count). The lowest BCUT2D eigenvalue weighted by Gasteiger charge is -2.30. The van der Waals surface area contributed by atoms with Crippen LogP contribution in [0.4, 0.5) is 5.95 Å². The fourth-order valence-electron chi connectivity index (χ4n) is 2.55. The minimum Gasteiger partial charge on any atom is -0.478 e. The number of nitrogens with zero attached hydrogens (tertiary/aromatic N) is 4. The molecule has 0 atom stereocenters. The Balaban J connectivity index is 2.33. The van der Waals surface area contributed by atoms with Crippen LogP contribution in [0.5, 0.6) is 0 Å². The summed E-state index contributed by atoms with van der Waals surface area (Å²) in [5.41, 5.74) is 7.42. The van der Waals surface area contributed by atoms with E-state index in [-0.39, 0.29) is 23.9 Å². The molecule has 9 nitrogen and oxygen atoms in total. The van der Waals surface area contributed by atoms with E-state index in [0.29, 0.717) is 31.0 Å². The first-order valence-electron chi connectivity index (χ1n) is 8.36. The van der Waals surface area contributed by atoms with Gasteiger partial charge in [0.15, 0.2) is 0 Å². The van der Waals surface area contributed by atoms with Gasteiger partial charge in [-0.05, 0) is 20.8 Å². The second-order valence-electron chi connectivity index (χ2n) is 6.03. The van der Waals surface area contributed by atoms with Gasteiger partial charge in [0.05, 0.1) is 12.2 Å². The summed E-state index contributed by atoms with van der Waals surface area (Å²) in [5, 5.41) is 8.95. The highest BCUT2D eigenvalue weighted by atomic mass is 16.5. The molecule has 1 aromatic rings. The molecule has 9 heteroatoms. The van der Waals surface area contributed by atoms with Gasteiger partial charge in [-0.3, -0.25) is 4.99 Å². The van der Waals surface area contributed by atoms with Gasteiger partial charge in [-0.15, -0.1) is 0 Å². The van der Waals surface area contributed by atoms with Crippen molar-refractivity contribution in [2.75, 3.05) is 24.6 Å². The summed E-state index contributed by atoms with van der Waals surface area (Å²) in [7, 11) is 0. The Morgan fingerprint density at radius 2 is 2.04 bits per heavy atom. The maximum Gasteiger partial charge on any atom is 0.354 e. The van der Waals surface area contributed by atoms with Crippen LogP contribution in [0.25, 0.3) is 0 Å². The fourth-order valence-corrected chi connectivity index (χ4v) is 2.55. The van der Waals surface area contributed by atoms with E-state index in [0.717, 1.165) is 5.71 Å². The second-order valence-corrected chi connectivity index (χ2v) is 6.03. The maximum atomic E-state index is 12.1. The number of nitrogens with two attached hydrogens (primary N) is 1. The summed E-state index contributed by atoms with van der Waals surface area (Å²) >= 11 is 0. The third kappa shape index (κ3) is 4.56. The van der Waals surface area contributed by atoms with Crippen LogP contribution in [0.15, 0.2) is 28.7 Å². The molecular formula is C17H23N5O4. The van der Waals surface area contributed by atoms with Gasteiger partial charge in [-0.2, -0.15) is 0 Å². The van der Waals surface area contributed by atoms with Gasteiger partial charge < -0.3 is 20.5 Å². The molecule has 0 unspecified atom stereocenters. The van der Waals surface area contributed by atoms with Gasteiger partial charge in [0, 0.05) is 49.2 Å². The summed E-state index contributed by atoms with van der Waals surface area (Å²) in [5.74, 6) is -1.30. The number of carbonyl (C=O) groups excluding carboxylic acids is 1. The summed E-state index contributed by atoms with van der Waals surface area (Å²) < 4.78 is 5.00. The predicted molar refractivity (Wildman–Crippen MR) is 96.2 cm³/mol. The van der Waals surface area contributed by atoms with E-state index in [4.69, 9.17) is 15.6 Å². The van der Waals surface area contributed by atoms with Gasteiger partial charge >= 0.3 is 11.9 Å². The van der Waals surface area contributed by atoms with Gasteiger partial charge in [-0.25, -0.2) is 19.6 Å². The Morgan fingerprint density at radius 1 is 1.38 bits per heavy atom. The molecule has 140 valence electrons. The first-order chi connectivity index (χ1) is 12.3. The van der Waals surface area contributed by atoms with E-state index in [1.165, 1.54) is 12.4 Å². The smallest absolute Gasteiger partial charge is 0.354 e. The number of carbonyl (C=O) groups is 2. The quantitative estimate of drug-likeness (QED) is 0.587. The molecule has 0 radical (unpaired) electrons. The van der Waals surface area contributed by atoms with E-state index in [2.05, 4.69) is 15.0 Å². The summed E-state index contributed by atoms with van der Waals surface area (Å²) in [6.07, 6.45) is 3.07. The van der Waals surface area contributed by atoms with Crippen molar-refractivity contribution in [3.05, 3.63) is 29.2 Å². The third-order valence-electron chi connectivity index (χ3n) is 3.72. The number of aromatic nitrogens is 2. The number of esters is 1. The van der Waals surface area contributed by atoms with Crippen LogP contribution >= 0.6 is 0 Å². The van der Waals surface area contributed by atoms with Crippen LogP contribution in [0.3, 0.4) is 0 Å². The van der Waals surface area contributed by atoms with Crippen LogP contribution in [0, 0.1) is 0 Å². The Hall–Kier alpha value is -2.97. The van der Waals surface area contributed by atoms with Gasteiger partial charge in [-0.1, -0.05) is 0 Å². The lowest BCUT2D eigenvalue weighted by Crippen LogP contribution is -2.39. The highest BCUT2D eigenvalue weighted by Crippen LogP contribution is 2.21. The van der Waals surface area contributed by atoms with Crippen molar-refractivity contribution < 1.29 is 19.4 Å². The first-order valence-corrected chi connectivity index (χ1v) is 8.36. The lowest BCUT2D eigenvalue weighted by atomic mass is 9.99. The molecule has 26 heavy (non-hydrogen) atoms. The SMILES string of the molecule is CCOC(=O)C(N)=C1CN(c2ncc(C(=O)O)cn2)CCC1=NC(C)C. The number of rotatable bonds is 5. The molecule has 0 spiro atoms. The van der Waals surface area contributed by atoms with Crippen LogP contribution in [-0.2, 0) is 9.53 Å². The average molecular weight is 361 g/mol. The molecule has 1 aliphatic rings. The minimum atomic E-state index is -1.09. The van der Waals surface area contributed by atoms with Crippen molar-refractivity contribution in [3.63, 3.8) is 0 Å². The number of aromatic carboxylic acids is 1. The molecule has 1 fully saturated rings. The number of carboxylic acids is 1. The van der Waals surface area contributed by atoms with E-state index >= 15 is 0 Å². The van der Waals surface area contributed by atoms with Crippen LogP contribution < -0.4 is 10.6 Å². The van der Waals surface area contributed by atoms with Crippen LogP contribution in [0.1, 0.15) is 37.6 Å². The summed E-state index contributed by atoms with van der Waals surface area (Å²) in [6.45, 7) is 6.72. The monoisotopic (exact) mass is 361 g/mol. The molecule has 1 aromatic heterocycles. The maximum absolute atomic E-state index is 12.1. The number of hydrogen-bond donors (Lipinski definition) is 2. The number of aliphatic imine (C=N–C) groups is 1. The van der Waals surface area contributed by atoms with E-state index < -0.39 is 11.9 Å². The Labute approximate surface area is 151 Å². The van der Waals surface area contributed by atoms with E-state index in [9.17, 15) is 9.59 Å². The highest BCUT2D eigenvalue weighted by Gasteiger charge is 2.27. The van der Waals surface area contributed by atoms with Gasteiger partial charge in [0.25, 0.3) is 0 Å². The molecule has 0 saturated carbocycles. The number of anilines is 1. The summed E-state index contributed by atoms with van der Waals surface area (Å²) in [4.78, 5) is 37.6. The Kier molecular flexibility index (Phi) is 6.26. The zero-order valence-electron chi connectivity index (χ0n) is 15.1. The number of piperidine rings is 1. The van der Waals surface area contributed by atoms with Gasteiger partial charge in [0.2, 0.25) is 5.95 Å². The molecule has 0 bridgehead atoms. The Morgan fingerprint density at radius 3 is 2.58 bits per heavy atom. The predicted octanol–water partition coefficient (Wildman–Crippen LogP) is 1.01. The lowest BCUT2D eigenvalue weighted by molar-refractivity contribution is -0.138. The second kappa shape index (κ2) is 8.41. The van der Waals surface area contributed by atoms with Gasteiger partial charge in [0.1, 0.15) is 5.70 Å². The summed E-state index contributed by atoms with van der Waals surface area (Å²) in [6, 6.07) is 0.0626. The van der Waals surface area contributed by atoms with Crippen LogP contribution in [-0.4, -0.2) is 58.5 Å². The van der Waals surface area contributed by atoms with E-state index in [1.54, 1.807) is 6.92 Å². The standard InChI is InChI=1S/C17H23N5O4/c1-4-26-16(25)14(18)12-9-22(6-5-13(12)21-10(2)3)17-19-7-11(8-20-17)15(23)24/h7-8,10H,4-6,9,18H2,1-3H3,(H,23,24). The minimum absolute atomic E-state index is 0.00891. The molecular weight excluding hydrogens is 338 g/mol. The average Bonchev–Trinajstić information content (AvgIpc) is 2.61. The van der Waals surface area contributed by atoms with Crippen molar-refractivity contribution in [2.24, 2.45) is 10.7 Å². The normalized spacial score (nSPS) is 18.2. The molecule has 0 aromatic carbocycles. The van der Waals surface area contributed by atoms with E-state index in [1.807, 2.05) is 18.7 Å².